The SMILES string of the molecule is CCC(C#N)CNCCc1ccc2[nH]c(=O)oc2c1. The van der Waals surface area contributed by atoms with Gasteiger partial charge in [-0.15, -0.1) is 0 Å². The van der Waals surface area contributed by atoms with Crippen molar-refractivity contribution in [1.82, 2.24) is 10.3 Å². The lowest BCUT2D eigenvalue weighted by Gasteiger charge is -2.07. The molecule has 5 heteroatoms. The molecule has 0 bridgehead atoms. The third-order valence-electron chi connectivity index (χ3n) is 3.14. The molecule has 100 valence electrons. The van der Waals surface area contributed by atoms with E-state index in [1.807, 2.05) is 25.1 Å². The number of nitrogens with one attached hydrogen (secondary N) is 2. The normalized spacial score (nSPS) is 12.4. The Hall–Kier alpha value is -2.06. The topological polar surface area (TPSA) is 81.8 Å². The molecule has 2 aromatic rings. The fraction of sp³-hybridized carbons (Fsp3) is 0.429. The molecule has 5 nitrogen and oxygen atoms in total. The van der Waals surface area contributed by atoms with Crippen molar-refractivity contribution in [3.05, 3.63) is 34.3 Å². The van der Waals surface area contributed by atoms with Crippen LogP contribution in [-0.4, -0.2) is 18.1 Å². The van der Waals surface area contributed by atoms with Crippen LogP contribution < -0.4 is 11.1 Å². The molecule has 19 heavy (non-hydrogen) atoms. The molecule has 1 aromatic carbocycles. The molecule has 0 radical (unpaired) electrons. The fourth-order valence-corrected chi connectivity index (χ4v) is 1.94. The predicted molar refractivity (Wildman–Crippen MR) is 72.8 cm³/mol. The van der Waals surface area contributed by atoms with E-state index in [4.69, 9.17) is 9.68 Å². The second-order valence-electron chi connectivity index (χ2n) is 4.53. The molecule has 0 amide bonds. The van der Waals surface area contributed by atoms with E-state index in [0.29, 0.717) is 12.1 Å². The summed E-state index contributed by atoms with van der Waals surface area (Å²) in [5.74, 6) is -0.352. The van der Waals surface area contributed by atoms with Crippen LogP contribution >= 0.6 is 0 Å². The van der Waals surface area contributed by atoms with Gasteiger partial charge in [-0.3, -0.25) is 4.98 Å². The van der Waals surface area contributed by atoms with E-state index >= 15 is 0 Å². The number of H-pyrrole nitrogens is 1. The van der Waals surface area contributed by atoms with Crippen molar-refractivity contribution in [2.45, 2.75) is 19.8 Å². The van der Waals surface area contributed by atoms with Crippen molar-refractivity contribution in [2.24, 2.45) is 5.92 Å². The first-order chi connectivity index (χ1) is 9.22. The van der Waals surface area contributed by atoms with E-state index in [2.05, 4.69) is 16.4 Å². The first kappa shape index (κ1) is 13.4. The number of hydrogen-bond acceptors (Lipinski definition) is 4. The minimum atomic E-state index is -0.426. The van der Waals surface area contributed by atoms with Gasteiger partial charge < -0.3 is 9.73 Å². The van der Waals surface area contributed by atoms with Crippen molar-refractivity contribution in [1.29, 1.82) is 5.26 Å². The number of hydrogen-bond donors (Lipinski definition) is 2. The van der Waals surface area contributed by atoms with Gasteiger partial charge in [-0.05, 0) is 37.1 Å². The zero-order chi connectivity index (χ0) is 13.7. The van der Waals surface area contributed by atoms with E-state index in [1.165, 1.54) is 0 Å². The third kappa shape index (κ3) is 3.46. The Morgan fingerprint density at radius 3 is 3.11 bits per heavy atom. The quantitative estimate of drug-likeness (QED) is 0.775. The van der Waals surface area contributed by atoms with Crippen LogP contribution in [0, 0.1) is 17.2 Å². The standard InChI is InChI=1S/C14H17N3O2/c1-2-10(8-15)9-16-6-5-11-3-4-12-13(7-11)19-14(18)17-12/h3-4,7,10,16H,2,5-6,9H2,1H3,(H,17,18). The highest BCUT2D eigenvalue weighted by atomic mass is 16.4. The van der Waals surface area contributed by atoms with Crippen LogP contribution in [0.4, 0.5) is 0 Å². The molecule has 2 N–H and O–H groups in total. The van der Waals surface area contributed by atoms with Gasteiger partial charge in [0.05, 0.1) is 17.5 Å². The Labute approximate surface area is 111 Å². The average molecular weight is 259 g/mol. The molecule has 2 rings (SSSR count). The Morgan fingerprint density at radius 2 is 2.37 bits per heavy atom. The smallest absolute Gasteiger partial charge is 0.408 e. The Morgan fingerprint density at radius 1 is 1.53 bits per heavy atom. The lowest BCUT2D eigenvalue weighted by Crippen LogP contribution is -2.23. The number of oxazole rings is 1. The maximum Gasteiger partial charge on any atom is 0.417 e. The first-order valence-corrected chi connectivity index (χ1v) is 6.45. The van der Waals surface area contributed by atoms with E-state index in [9.17, 15) is 4.79 Å². The summed E-state index contributed by atoms with van der Waals surface area (Å²) in [6, 6.07) is 7.95. The number of fused-ring (bicyclic) bond motifs is 1. The van der Waals surface area contributed by atoms with Crippen LogP contribution in [0.2, 0.25) is 0 Å². The second kappa shape index (κ2) is 6.21. The molecule has 0 saturated carbocycles. The molecule has 0 spiro atoms. The Bertz CT molecular complexity index is 636. The highest BCUT2D eigenvalue weighted by Crippen LogP contribution is 2.12. The molecular formula is C14H17N3O2. The van der Waals surface area contributed by atoms with E-state index in [0.717, 1.165) is 30.5 Å². The first-order valence-electron chi connectivity index (χ1n) is 6.45. The molecular weight excluding hydrogens is 242 g/mol. The largest absolute Gasteiger partial charge is 0.417 e. The van der Waals surface area contributed by atoms with Gasteiger partial charge in [0, 0.05) is 6.54 Å². The van der Waals surface area contributed by atoms with Crippen LogP contribution in [0.1, 0.15) is 18.9 Å². The van der Waals surface area contributed by atoms with Gasteiger partial charge in [0.1, 0.15) is 0 Å². The van der Waals surface area contributed by atoms with Gasteiger partial charge in [-0.2, -0.15) is 5.26 Å². The zero-order valence-electron chi connectivity index (χ0n) is 10.9. The fourth-order valence-electron chi connectivity index (χ4n) is 1.94. The summed E-state index contributed by atoms with van der Waals surface area (Å²) in [7, 11) is 0. The van der Waals surface area contributed by atoms with Gasteiger partial charge in [0.2, 0.25) is 0 Å². The van der Waals surface area contributed by atoms with Crippen molar-refractivity contribution in [3.63, 3.8) is 0 Å². The number of rotatable bonds is 6. The molecule has 0 fully saturated rings. The number of aromatic amines is 1. The van der Waals surface area contributed by atoms with Crippen molar-refractivity contribution >= 4 is 11.1 Å². The van der Waals surface area contributed by atoms with Crippen LogP contribution in [0.3, 0.4) is 0 Å². The molecule has 0 aliphatic heterocycles. The minimum Gasteiger partial charge on any atom is -0.408 e. The molecule has 0 saturated heterocycles. The number of nitriles is 1. The maximum absolute atomic E-state index is 11.0. The minimum absolute atomic E-state index is 0.0742. The summed E-state index contributed by atoms with van der Waals surface area (Å²) in [6.45, 7) is 3.53. The summed E-state index contributed by atoms with van der Waals surface area (Å²) in [5.41, 5.74) is 2.41. The Kier molecular flexibility index (Phi) is 4.37. The summed E-state index contributed by atoms with van der Waals surface area (Å²) in [4.78, 5) is 13.6. The van der Waals surface area contributed by atoms with Crippen molar-refractivity contribution in [3.8, 4) is 6.07 Å². The van der Waals surface area contributed by atoms with Gasteiger partial charge in [-0.1, -0.05) is 13.0 Å². The van der Waals surface area contributed by atoms with Gasteiger partial charge in [0.15, 0.2) is 5.58 Å². The van der Waals surface area contributed by atoms with Crippen LogP contribution in [0.5, 0.6) is 0 Å². The van der Waals surface area contributed by atoms with E-state index in [-0.39, 0.29) is 5.92 Å². The van der Waals surface area contributed by atoms with Gasteiger partial charge in [0.25, 0.3) is 0 Å². The molecule has 1 heterocycles. The molecule has 1 atom stereocenters. The van der Waals surface area contributed by atoms with Crippen LogP contribution in [-0.2, 0) is 6.42 Å². The average Bonchev–Trinajstić information content (AvgIpc) is 2.78. The summed E-state index contributed by atoms with van der Waals surface area (Å²) in [6.07, 6.45) is 1.71. The van der Waals surface area contributed by atoms with E-state index < -0.39 is 5.76 Å². The molecule has 0 aliphatic carbocycles. The lowest BCUT2D eigenvalue weighted by atomic mass is 10.1. The maximum atomic E-state index is 11.0. The number of aromatic nitrogens is 1. The number of nitrogens with zero attached hydrogens (tertiary/aromatic N) is 1. The number of benzene rings is 1. The van der Waals surface area contributed by atoms with E-state index in [1.54, 1.807) is 0 Å². The van der Waals surface area contributed by atoms with Crippen molar-refractivity contribution in [2.75, 3.05) is 13.1 Å². The molecule has 1 unspecified atom stereocenters. The Balaban J connectivity index is 1.88. The lowest BCUT2D eigenvalue weighted by molar-refractivity contribution is 0.551. The zero-order valence-corrected chi connectivity index (χ0v) is 10.9. The predicted octanol–water partition coefficient (Wildman–Crippen LogP) is 1.80. The van der Waals surface area contributed by atoms with Gasteiger partial charge >= 0.3 is 5.76 Å². The van der Waals surface area contributed by atoms with Gasteiger partial charge in [-0.25, -0.2) is 4.79 Å². The second-order valence-corrected chi connectivity index (χ2v) is 4.53. The summed E-state index contributed by atoms with van der Waals surface area (Å²) < 4.78 is 5.01. The highest BCUT2D eigenvalue weighted by Gasteiger charge is 2.04. The monoisotopic (exact) mass is 259 g/mol. The summed E-state index contributed by atoms with van der Waals surface area (Å²) in [5, 5.41) is 12.1. The molecule has 1 aromatic heterocycles. The third-order valence-corrected chi connectivity index (χ3v) is 3.14. The highest BCUT2D eigenvalue weighted by molar-refractivity contribution is 5.72. The van der Waals surface area contributed by atoms with Crippen LogP contribution in [0.15, 0.2) is 27.4 Å². The molecule has 0 aliphatic rings. The van der Waals surface area contributed by atoms with Crippen LogP contribution in [0.25, 0.3) is 11.1 Å². The van der Waals surface area contributed by atoms with Crippen molar-refractivity contribution < 1.29 is 4.42 Å². The summed E-state index contributed by atoms with van der Waals surface area (Å²) >= 11 is 0.